The number of hydrogen-bond donors (Lipinski definition) is 0. The first-order valence-electron chi connectivity index (χ1n) is 3.97. The molecule has 0 amide bonds. The van der Waals surface area contributed by atoms with Crippen LogP contribution in [0.15, 0.2) is 0 Å². The van der Waals surface area contributed by atoms with Gasteiger partial charge >= 0.3 is 0 Å². The lowest BCUT2D eigenvalue weighted by atomic mass is 10.5. The molecule has 3 nitrogen and oxygen atoms in total. The summed E-state index contributed by atoms with van der Waals surface area (Å²) in [6.07, 6.45) is 1.16. The van der Waals surface area contributed by atoms with Crippen molar-refractivity contribution in [3.63, 3.8) is 0 Å². The van der Waals surface area contributed by atoms with Gasteiger partial charge in [0.25, 0.3) is 0 Å². The smallest absolute Gasteiger partial charge is 0.165 e. The van der Waals surface area contributed by atoms with Crippen molar-refractivity contribution in [2.75, 3.05) is 25.9 Å². The number of nitrogens with zero attached hydrogens (tertiary/aromatic N) is 1. The number of halogens is 1. The van der Waals surface area contributed by atoms with Gasteiger partial charge in [0.2, 0.25) is 0 Å². The Morgan fingerprint density at radius 2 is 1.75 bits per heavy atom. The molecule has 74 valence electrons. The molecule has 5 heteroatoms. The maximum Gasteiger partial charge on any atom is 0.165 e. The fraction of sp³-hybridized carbons (Fsp3) is 1.00. The second-order valence-electron chi connectivity index (χ2n) is 2.73. The second-order valence-corrected chi connectivity index (χ2v) is 5.74. The summed E-state index contributed by atoms with van der Waals surface area (Å²) >= 11 is 5.68. The van der Waals surface area contributed by atoms with Gasteiger partial charge in [0.15, 0.2) is 9.84 Å². The zero-order valence-electron chi connectivity index (χ0n) is 7.75. The van der Waals surface area contributed by atoms with Crippen LogP contribution in [0.5, 0.6) is 0 Å². The van der Waals surface area contributed by atoms with Crippen molar-refractivity contribution >= 4 is 21.4 Å². The van der Waals surface area contributed by atoms with Crippen molar-refractivity contribution < 1.29 is 8.42 Å². The van der Waals surface area contributed by atoms with E-state index in [1.165, 1.54) is 0 Å². The highest BCUT2D eigenvalue weighted by atomic mass is 35.5. The van der Waals surface area contributed by atoms with Crippen LogP contribution in [-0.2, 0) is 9.84 Å². The van der Waals surface area contributed by atoms with Gasteiger partial charge in [0.1, 0.15) is 4.71 Å². The monoisotopic (exact) mass is 213 g/mol. The number of sulfone groups is 1. The topological polar surface area (TPSA) is 37.4 Å². The van der Waals surface area contributed by atoms with Crippen LogP contribution in [0.1, 0.15) is 13.8 Å². The summed E-state index contributed by atoms with van der Waals surface area (Å²) in [4.78, 5) is 1.98. The molecule has 0 heterocycles. The van der Waals surface area contributed by atoms with E-state index in [0.29, 0.717) is 6.54 Å². The Kier molecular flexibility index (Phi) is 5.13. The average molecular weight is 214 g/mol. The van der Waals surface area contributed by atoms with Gasteiger partial charge < -0.3 is 4.90 Å². The van der Waals surface area contributed by atoms with E-state index in [2.05, 4.69) is 0 Å². The molecule has 0 saturated heterocycles. The van der Waals surface area contributed by atoms with Gasteiger partial charge in [-0.15, -0.1) is 11.6 Å². The molecule has 0 spiro atoms. The minimum Gasteiger partial charge on any atom is -0.301 e. The third-order valence-corrected chi connectivity index (χ3v) is 3.95. The first kappa shape index (κ1) is 12.2. The van der Waals surface area contributed by atoms with E-state index < -0.39 is 14.5 Å². The van der Waals surface area contributed by atoms with Gasteiger partial charge in [-0.2, -0.15) is 0 Å². The number of hydrogen-bond acceptors (Lipinski definition) is 3. The van der Waals surface area contributed by atoms with E-state index in [4.69, 9.17) is 11.6 Å². The molecule has 1 atom stereocenters. The molecule has 0 aliphatic rings. The molecule has 0 aliphatic carbocycles. The zero-order chi connectivity index (χ0) is 9.78. The van der Waals surface area contributed by atoms with Crippen LogP contribution in [0.3, 0.4) is 0 Å². The molecule has 0 aromatic carbocycles. The van der Waals surface area contributed by atoms with Gasteiger partial charge in [-0.1, -0.05) is 13.8 Å². The second kappa shape index (κ2) is 5.04. The molecular formula is C7H16ClNO2S. The molecule has 0 radical (unpaired) electrons. The van der Waals surface area contributed by atoms with Crippen LogP contribution >= 0.6 is 11.6 Å². The summed E-state index contributed by atoms with van der Waals surface area (Å²) in [7, 11) is -3.09. The largest absolute Gasteiger partial charge is 0.301 e. The van der Waals surface area contributed by atoms with Crippen molar-refractivity contribution in [2.24, 2.45) is 0 Å². The Morgan fingerprint density at radius 1 is 1.33 bits per heavy atom. The normalized spacial score (nSPS) is 15.1. The fourth-order valence-electron chi connectivity index (χ4n) is 0.820. The van der Waals surface area contributed by atoms with E-state index in [-0.39, 0.29) is 0 Å². The minimum atomic E-state index is -3.09. The summed E-state index contributed by atoms with van der Waals surface area (Å²) in [6.45, 7) is 6.03. The molecule has 1 unspecified atom stereocenters. The van der Waals surface area contributed by atoms with Gasteiger partial charge in [0.05, 0.1) is 0 Å². The first-order chi connectivity index (χ1) is 5.41. The lowest BCUT2D eigenvalue weighted by molar-refractivity contribution is 0.316. The summed E-state index contributed by atoms with van der Waals surface area (Å²) in [5, 5.41) is 0. The van der Waals surface area contributed by atoms with Crippen LogP contribution in [0.2, 0.25) is 0 Å². The average Bonchev–Trinajstić information content (AvgIpc) is 1.97. The van der Waals surface area contributed by atoms with E-state index in [1.54, 1.807) is 0 Å². The van der Waals surface area contributed by atoms with Crippen LogP contribution in [0.4, 0.5) is 0 Å². The third-order valence-electron chi connectivity index (χ3n) is 1.76. The molecule has 0 aromatic heterocycles. The molecule has 0 rings (SSSR count). The van der Waals surface area contributed by atoms with Gasteiger partial charge in [-0.3, -0.25) is 0 Å². The predicted octanol–water partition coefficient (Wildman–Crippen LogP) is 0.938. The Morgan fingerprint density at radius 3 is 2.00 bits per heavy atom. The highest BCUT2D eigenvalue weighted by Crippen LogP contribution is 2.06. The quantitative estimate of drug-likeness (QED) is 0.638. The van der Waals surface area contributed by atoms with Crippen LogP contribution in [0.25, 0.3) is 0 Å². The molecule has 0 fully saturated rings. The van der Waals surface area contributed by atoms with Crippen LogP contribution in [-0.4, -0.2) is 43.9 Å². The summed E-state index contributed by atoms with van der Waals surface area (Å²) < 4.78 is 21.1. The van der Waals surface area contributed by atoms with Crippen molar-refractivity contribution in [1.29, 1.82) is 0 Å². The highest BCUT2D eigenvalue weighted by Gasteiger charge is 2.19. The molecular weight excluding hydrogens is 198 g/mol. The van der Waals surface area contributed by atoms with Crippen LogP contribution < -0.4 is 0 Å². The number of alkyl halides is 1. The zero-order valence-corrected chi connectivity index (χ0v) is 9.32. The van der Waals surface area contributed by atoms with E-state index in [0.717, 1.165) is 19.3 Å². The van der Waals surface area contributed by atoms with Crippen molar-refractivity contribution in [1.82, 2.24) is 4.90 Å². The van der Waals surface area contributed by atoms with Crippen molar-refractivity contribution in [3.05, 3.63) is 0 Å². The van der Waals surface area contributed by atoms with Gasteiger partial charge in [0, 0.05) is 12.8 Å². The molecule has 12 heavy (non-hydrogen) atoms. The highest BCUT2D eigenvalue weighted by molar-refractivity contribution is 7.92. The van der Waals surface area contributed by atoms with Crippen molar-refractivity contribution in [3.8, 4) is 0 Å². The molecule has 0 bridgehead atoms. The molecule has 0 saturated carbocycles. The SMILES string of the molecule is CCN(CC)CC(Cl)S(C)(=O)=O. The van der Waals surface area contributed by atoms with E-state index in [1.807, 2.05) is 18.7 Å². The Balaban J connectivity index is 4.08. The van der Waals surface area contributed by atoms with E-state index in [9.17, 15) is 8.42 Å². The molecule has 0 aliphatic heterocycles. The summed E-state index contributed by atoms with van der Waals surface area (Å²) in [5.74, 6) is 0. The lowest BCUT2D eigenvalue weighted by Gasteiger charge is -2.20. The van der Waals surface area contributed by atoms with Crippen LogP contribution in [0, 0.1) is 0 Å². The maximum atomic E-state index is 10.9. The van der Waals surface area contributed by atoms with Crippen molar-refractivity contribution in [2.45, 2.75) is 18.6 Å². The molecule has 0 aromatic rings. The maximum absolute atomic E-state index is 10.9. The Labute approximate surface area is 79.6 Å². The Hall–Kier alpha value is 0.200. The predicted molar refractivity (Wildman–Crippen MR) is 52.3 cm³/mol. The molecule has 0 N–H and O–H groups in total. The van der Waals surface area contributed by atoms with E-state index >= 15 is 0 Å². The first-order valence-corrected chi connectivity index (χ1v) is 6.36. The number of rotatable bonds is 5. The summed E-state index contributed by atoms with van der Waals surface area (Å²) in [5.41, 5.74) is 0. The van der Waals surface area contributed by atoms with Gasteiger partial charge in [-0.25, -0.2) is 8.42 Å². The minimum absolute atomic E-state index is 0.410. The lowest BCUT2D eigenvalue weighted by Crippen LogP contribution is -2.33. The third kappa shape index (κ3) is 4.28. The van der Waals surface area contributed by atoms with Gasteiger partial charge in [-0.05, 0) is 13.1 Å². The summed E-state index contributed by atoms with van der Waals surface area (Å²) in [6, 6.07) is 0. The Bertz CT molecular complexity index is 211. The standard InChI is InChI=1S/C7H16ClNO2S/c1-4-9(5-2)6-7(8)12(3,10)11/h7H,4-6H2,1-3H3. The fourth-order valence-corrected chi connectivity index (χ4v) is 1.50.